The number of thiophene rings is 1. The molecule has 0 spiro atoms. The van der Waals surface area contributed by atoms with Crippen molar-refractivity contribution in [3.63, 3.8) is 0 Å². The SMILES string of the molecule is C[C@H](OC(=O)CCc1ccsc1)C(=O)NC(=O)NC1CCCCC1. The Morgan fingerprint density at radius 3 is 2.71 bits per heavy atom. The summed E-state index contributed by atoms with van der Waals surface area (Å²) in [7, 11) is 0. The van der Waals surface area contributed by atoms with Crippen molar-refractivity contribution in [1.82, 2.24) is 10.6 Å². The third-order valence-electron chi connectivity index (χ3n) is 4.05. The maximum Gasteiger partial charge on any atom is 0.321 e. The van der Waals surface area contributed by atoms with Crippen molar-refractivity contribution in [1.29, 1.82) is 0 Å². The summed E-state index contributed by atoms with van der Waals surface area (Å²) >= 11 is 1.57. The molecule has 1 aliphatic carbocycles. The van der Waals surface area contributed by atoms with Crippen LogP contribution < -0.4 is 10.6 Å². The van der Waals surface area contributed by atoms with Gasteiger partial charge in [0.05, 0.1) is 0 Å². The number of aryl methyl sites for hydroxylation is 1. The molecule has 0 bridgehead atoms. The van der Waals surface area contributed by atoms with E-state index in [-0.39, 0.29) is 12.5 Å². The molecule has 1 heterocycles. The number of esters is 1. The molecule has 0 aliphatic heterocycles. The van der Waals surface area contributed by atoms with Gasteiger partial charge >= 0.3 is 12.0 Å². The van der Waals surface area contributed by atoms with Crippen LogP contribution in [0.3, 0.4) is 0 Å². The van der Waals surface area contributed by atoms with Gasteiger partial charge in [0.2, 0.25) is 0 Å². The highest BCUT2D eigenvalue weighted by molar-refractivity contribution is 7.07. The lowest BCUT2D eigenvalue weighted by Crippen LogP contribution is -2.48. The molecule has 2 rings (SSSR count). The van der Waals surface area contributed by atoms with E-state index < -0.39 is 24.0 Å². The van der Waals surface area contributed by atoms with Crippen molar-refractivity contribution < 1.29 is 19.1 Å². The second-order valence-electron chi connectivity index (χ2n) is 6.06. The fourth-order valence-corrected chi connectivity index (χ4v) is 3.38. The Morgan fingerprint density at radius 1 is 1.29 bits per heavy atom. The molecule has 6 nitrogen and oxygen atoms in total. The number of hydrogen-bond acceptors (Lipinski definition) is 5. The van der Waals surface area contributed by atoms with Crippen molar-refractivity contribution in [3.05, 3.63) is 22.4 Å². The molecule has 2 N–H and O–H groups in total. The maximum absolute atomic E-state index is 11.9. The summed E-state index contributed by atoms with van der Waals surface area (Å²) < 4.78 is 5.07. The molecular weight excluding hydrogens is 328 g/mol. The average Bonchev–Trinajstić information content (AvgIpc) is 3.07. The minimum atomic E-state index is -0.989. The first-order chi connectivity index (χ1) is 11.5. The van der Waals surface area contributed by atoms with Gasteiger partial charge in [0.1, 0.15) is 0 Å². The highest BCUT2D eigenvalue weighted by atomic mass is 32.1. The molecule has 1 saturated carbocycles. The van der Waals surface area contributed by atoms with Crippen LogP contribution in [-0.4, -0.2) is 30.1 Å². The molecule has 1 fully saturated rings. The quantitative estimate of drug-likeness (QED) is 0.771. The fraction of sp³-hybridized carbons (Fsp3) is 0.588. The molecule has 1 atom stereocenters. The number of carbonyl (C=O) groups is 3. The Bertz CT molecular complexity index is 553. The van der Waals surface area contributed by atoms with Gasteiger partial charge in [0, 0.05) is 12.5 Å². The van der Waals surface area contributed by atoms with E-state index in [1.807, 2.05) is 16.8 Å². The predicted molar refractivity (Wildman–Crippen MR) is 91.7 cm³/mol. The lowest BCUT2D eigenvalue weighted by molar-refractivity contribution is -0.154. The normalized spacial score (nSPS) is 16.2. The Morgan fingerprint density at radius 2 is 2.04 bits per heavy atom. The standard InChI is InChI=1S/C17H24N2O4S/c1-12(23-15(20)8-7-13-9-10-24-11-13)16(21)19-17(22)18-14-5-3-2-4-6-14/h9-12,14H,2-8H2,1H3,(H2,18,19,21,22)/t12-/m0/s1. The number of rotatable bonds is 6. The molecule has 24 heavy (non-hydrogen) atoms. The van der Waals surface area contributed by atoms with Gasteiger partial charge in [-0.25, -0.2) is 4.79 Å². The van der Waals surface area contributed by atoms with Gasteiger partial charge in [-0.15, -0.1) is 0 Å². The van der Waals surface area contributed by atoms with Crippen LogP contribution in [0.15, 0.2) is 16.8 Å². The maximum atomic E-state index is 11.9. The van der Waals surface area contributed by atoms with E-state index in [9.17, 15) is 14.4 Å². The van der Waals surface area contributed by atoms with Gasteiger partial charge in [-0.1, -0.05) is 19.3 Å². The lowest BCUT2D eigenvalue weighted by Gasteiger charge is -2.23. The largest absolute Gasteiger partial charge is 0.453 e. The highest BCUT2D eigenvalue weighted by Gasteiger charge is 2.22. The first-order valence-corrected chi connectivity index (χ1v) is 9.31. The molecule has 132 valence electrons. The Labute approximate surface area is 146 Å². The van der Waals surface area contributed by atoms with Gasteiger partial charge < -0.3 is 10.1 Å². The van der Waals surface area contributed by atoms with E-state index in [0.29, 0.717) is 6.42 Å². The summed E-state index contributed by atoms with van der Waals surface area (Å²) in [4.78, 5) is 35.5. The van der Waals surface area contributed by atoms with Gasteiger partial charge in [-0.05, 0) is 48.6 Å². The van der Waals surface area contributed by atoms with Gasteiger partial charge in [-0.3, -0.25) is 14.9 Å². The summed E-state index contributed by atoms with van der Waals surface area (Å²) in [5, 5.41) is 8.95. The van der Waals surface area contributed by atoms with Crippen molar-refractivity contribution in [2.75, 3.05) is 0 Å². The van der Waals surface area contributed by atoms with Crippen LogP contribution in [0, 0.1) is 0 Å². The van der Waals surface area contributed by atoms with E-state index in [2.05, 4.69) is 10.6 Å². The van der Waals surface area contributed by atoms with Crippen LogP contribution in [0.4, 0.5) is 4.79 Å². The van der Waals surface area contributed by atoms with Crippen molar-refractivity contribution >= 4 is 29.2 Å². The summed E-state index contributed by atoms with van der Waals surface area (Å²) in [6.45, 7) is 1.46. The predicted octanol–water partition coefficient (Wildman–Crippen LogP) is 2.77. The molecule has 0 aromatic carbocycles. The van der Waals surface area contributed by atoms with Crippen LogP contribution in [0.5, 0.6) is 0 Å². The van der Waals surface area contributed by atoms with Crippen LogP contribution in [0.2, 0.25) is 0 Å². The molecule has 1 aromatic heterocycles. The number of hydrogen-bond donors (Lipinski definition) is 2. The Balaban J connectivity index is 1.66. The molecule has 0 unspecified atom stereocenters. The zero-order chi connectivity index (χ0) is 17.4. The van der Waals surface area contributed by atoms with Crippen LogP contribution >= 0.6 is 11.3 Å². The Hall–Kier alpha value is -1.89. The molecule has 1 aliphatic rings. The second kappa shape index (κ2) is 9.42. The number of urea groups is 1. The fourth-order valence-electron chi connectivity index (χ4n) is 2.67. The molecule has 0 saturated heterocycles. The zero-order valence-electron chi connectivity index (χ0n) is 13.9. The lowest BCUT2D eigenvalue weighted by atomic mass is 9.96. The minimum Gasteiger partial charge on any atom is -0.453 e. The van der Waals surface area contributed by atoms with Crippen LogP contribution in [0.25, 0.3) is 0 Å². The van der Waals surface area contributed by atoms with E-state index in [0.717, 1.165) is 31.2 Å². The second-order valence-corrected chi connectivity index (χ2v) is 6.84. The number of ether oxygens (including phenoxy) is 1. The number of amides is 3. The van der Waals surface area contributed by atoms with E-state index in [1.165, 1.54) is 13.3 Å². The van der Waals surface area contributed by atoms with Crippen molar-refractivity contribution in [3.8, 4) is 0 Å². The van der Waals surface area contributed by atoms with Crippen molar-refractivity contribution in [2.45, 2.75) is 64.0 Å². The molecule has 3 amide bonds. The average molecular weight is 352 g/mol. The zero-order valence-corrected chi connectivity index (χ0v) is 14.7. The number of imide groups is 1. The molecule has 1 aromatic rings. The smallest absolute Gasteiger partial charge is 0.321 e. The first kappa shape index (κ1) is 18.4. The number of carbonyl (C=O) groups excluding carboxylic acids is 3. The summed E-state index contributed by atoms with van der Waals surface area (Å²) in [6, 6.07) is 1.55. The van der Waals surface area contributed by atoms with Gasteiger partial charge in [0.25, 0.3) is 5.91 Å². The van der Waals surface area contributed by atoms with Crippen LogP contribution in [-0.2, 0) is 20.7 Å². The van der Waals surface area contributed by atoms with E-state index in [4.69, 9.17) is 4.74 Å². The van der Waals surface area contributed by atoms with E-state index in [1.54, 1.807) is 11.3 Å². The first-order valence-electron chi connectivity index (χ1n) is 8.36. The minimum absolute atomic E-state index is 0.120. The highest BCUT2D eigenvalue weighted by Crippen LogP contribution is 2.17. The molecule has 0 radical (unpaired) electrons. The summed E-state index contributed by atoms with van der Waals surface area (Å²) in [5.41, 5.74) is 1.07. The third-order valence-corrected chi connectivity index (χ3v) is 4.78. The monoisotopic (exact) mass is 352 g/mol. The topological polar surface area (TPSA) is 84.5 Å². The van der Waals surface area contributed by atoms with Crippen molar-refractivity contribution in [2.24, 2.45) is 0 Å². The van der Waals surface area contributed by atoms with Gasteiger partial charge in [0.15, 0.2) is 6.10 Å². The van der Waals surface area contributed by atoms with Gasteiger partial charge in [-0.2, -0.15) is 11.3 Å². The Kier molecular flexibility index (Phi) is 7.24. The van der Waals surface area contributed by atoms with Crippen LogP contribution in [0.1, 0.15) is 51.0 Å². The molecule has 7 heteroatoms. The number of nitrogens with one attached hydrogen (secondary N) is 2. The molecular formula is C17H24N2O4S. The summed E-state index contributed by atoms with van der Waals surface area (Å²) in [5.74, 6) is -1.05. The third kappa shape index (κ3) is 6.31. The van der Waals surface area contributed by atoms with E-state index >= 15 is 0 Å². The summed E-state index contributed by atoms with van der Waals surface area (Å²) in [6.07, 6.45) is 5.06.